The molecule has 0 aromatic heterocycles. The Morgan fingerprint density at radius 1 is 0.969 bits per heavy atom. The number of nitrogens with zero attached hydrogens (tertiary/aromatic N) is 1. The third-order valence-electron chi connectivity index (χ3n) is 3.81. The molecule has 0 radical (unpaired) electrons. The summed E-state index contributed by atoms with van der Waals surface area (Å²) in [4.78, 5) is 25.8. The van der Waals surface area contributed by atoms with Gasteiger partial charge in [-0.15, -0.1) is 0 Å². The second kappa shape index (κ2) is 13.5. The Balaban J connectivity index is 0.000000920. The quantitative estimate of drug-likeness (QED) is 0.358. The van der Waals surface area contributed by atoms with Crippen LogP contribution >= 0.6 is 11.6 Å². The number of esters is 1. The van der Waals surface area contributed by atoms with Crippen molar-refractivity contribution >= 4 is 45.3 Å². The summed E-state index contributed by atoms with van der Waals surface area (Å²) in [5.74, 6) is -0.545. The summed E-state index contributed by atoms with van der Waals surface area (Å²) in [5, 5.41) is 3.26. The molecule has 0 aliphatic rings. The first-order valence-electron chi connectivity index (χ1n) is 9.40. The van der Waals surface area contributed by atoms with Gasteiger partial charge in [-0.2, -0.15) is 8.42 Å². The Kier molecular flexibility index (Phi) is 11.5. The minimum atomic E-state index is -4.67. The number of benzene rings is 2. The second-order valence-electron chi connectivity index (χ2n) is 6.12. The number of amides is 1. The van der Waals surface area contributed by atoms with Crippen LogP contribution in [0, 0.1) is 0 Å². The number of hydrogen-bond acceptors (Lipinski definition) is 7. The van der Waals surface area contributed by atoms with E-state index < -0.39 is 22.3 Å². The Bertz CT molecular complexity index is 954. The van der Waals surface area contributed by atoms with Crippen LogP contribution in [-0.2, 0) is 24.7 Å². The zero-order valence-electron chi connectivity index (χ0n) is 17.5. The van der Waals surface area contributed by atoms with Crippen molar-refractivity contribution in [1.29, 1.82) is 0 Å². The van der Waals surface area contributed by atoms with Gasteiger partial charge in [0, 0.05) is 29.5 Å². The number of anilines is 2. The van der Waals surface area contributed by atoms with Crippen LogP contribution < -0.4 is 15.0 Å². The highest BCUT2D eigenvalue weighted by molar-refractivity contribution is 7.79. The number of hydrogen-bond donors (Lipinski definition) is 3. The van der Waals surface area contributed by atoms with Crippen molar-refractivity contribution in [1.82, 2.24) is 0 Å². The molecule has 10 nitrogen and oxygen atoms in total. The average Bonchev–Trinajstić information content (AvgIpc) is 2.73. The van der Waals surface area contributed by atoms with Gasteiger partial charge in [-0.05, 0) is 62.4 Å². The van der Waals surface area contributed by atoms with Gasteiger partial charge in [0.25, 0.3) is 5.91 Å². The maximum absolute atomic E-state index is 11.9. The minimum Gasteiger partial charge on any atom is -0.482 e. The van der Waals surface area contributed by atoms with Crippen molar-refractivity contribution in [3.8, 4) is 5.75 Å². The molecule has 0 unspecified atom stereocenters. The number of nitrogens with one attached hydrogen (secondary N) is 1. The Hall–Kier alpha value is -2.86. The molecular weight excluding hydrogens is 464 g/mol. The molecule has 2 rings (SSSR count). The molecule has 0 bridgehead atoms. The fraction of sp³-hybridized carbons (Fsp3) is 0.300. The van der Waals surface area contributed by atoms with Gasteiger partial charge in [-0.25, -0.2) is 4.79 Å². The summed E-state index contributed by atoms with van der Waals surface area (Å²) in [6, 6.07) is 14.1. The Morgan fingerprint density at radius 2 is 1.50 bits per heavy atom. The maximum Gasteiger partial charge on any atom is 0.394 e. The van der Waals surface area contributed by atoms with E-state index in [2.05, 4.69) is 24.1 Å². The lowest BCUT2D eigenvalue weighted by molar-refractivity contribution is -0.149. The topological polar surface area (TPSA) is 142 Å². The van der Waals surface area contributed by atoms with E-state index in [4.69, 9.17) is 38.6 Å². The lowest BCUT2D eigenvalue weighted by Crippen LogP contribution is -2.24. The van der Waals surface area contributed by atoms with Crippen LogP contribution in [-0.4, -0.2) is 55.7 Å². The molecule has 3 N–H and O–H groups in total. The Labute approximate surface area is 191 Å². The van der Waals surface area contributed by atoms with Crippen LogP contribution in [0.15, 0.2) is 48.5 Å². The molecule has 32 heavy (non-hydrogen) atoms. The highest BCUT2D eigenvalue weighted by Gasteiger charge is 2.09. The van der Waals surface area contributed by atoms with Crippen LogP contribution in [0.25, 0.3) is 0 Å². The number of rotatable bonds is 9. The third-order valence-corrected chi connectivity index (χ3v) is 4.07. The second-order valence-corrected chi connectivity index (χ2v) is 7.45. The molecule has 2 aromatic rings. The van der Waals surface area contributed by atoms with Crippen LogP contribution in [0.2, 0.25) is 5.02 Å². The van der Waals surface area contributed by atoms with E-state index in [0.717, 1.165) is 18.8 Å². The summed E-state index contributed by atoms with van der Waals surface area (Å²) in [5.41, 5.74) is 1.73. The zero-order valence-corrected chi connectivity index (χ0v) is 19.1. The lowest BCUT2D eigenvalue weighted by Gasteiger charge is -2.21. The molecule has 0 fully saturated rings. The molecule has 0 aliphatic carbocycles. The standard InChI is InChI=1S/C20H23ClN2O4.H2O4S/c1-3-23(4-2)17-9-7-16(8-10-17)22-19(24)13-27-20(25)14-26-18-11-5-15(21)6-12-18;1-5(2,3)4/h5-12H,3-4,13-14H2,1-2H3,(H,22,24);(H2,1,2,3,4). The van der Waals surface area contributed by atoms with Crippen LogP contribution in [0.3, 0.4) is 0 Å². The molecule has 1 amide bonds. The highest BCUT2D eigenvalue weighted by Crippen LogP contribution is 2.18. The van der Waals surface area contributed by atoms with Crippen molar-refractivity contribution in [2.24, 2.45) is 0 Å². The van der Waals surface area contributed by atoms with Gasteiger partial charge in [0.05, 0.1) is 0 Å². The van der Waals surface area contributed by atoms with Gasteiger partial charge in [0.2, 0.25) is 0 Å². The molecular formula is C20H25ClN2O8S. The van der Waals surface area contributed by atoms with Crippen LogP contribution in [0.1, 0.15) is 13.8 Å². The number of carbonyl (C=O) groups is 2. The summed E-state index contributed by atoms with van der Waals surface area (Å²) < 4.78 is 41.8. The van der Waals surface area contributed by atoms with E-state index in [1.54, 1.807) is 24.3 Å². The van der Waals surface area contributed by atoms with Gasteiger partial charge in [-0.1, -0.05) is 11.6 Å². The van der Waals surface area contributed by atoms with Crippen molar-refractivity contribution in [3.05, 3.63) is 53.6 Å². The molecule has 0 aliphatic heterocycles. The normalized spacial score (nSPS) is 10.4. The summed E-state index contributed by atoms with van der Waals surface area (Å²) in [6.07, 6.45) is 0. The Morgan fingerprint density at radius 3 is 2.00 bits per heavy atom. The summed E-state index contributed by atoms with van der Waals surface area (Å²) in [7, 11) is -4.67. The fourth-order valence-electron chi connectivity index (χ4n) is 2.40. The van der Waals surface area contributed by atoms with Crippen molar-refractivity contribution in [2.75, 3.05) is 36.5 Å². The third kappa shape index (κ3) is 12.1. The molecule has 176 valence electrons. The lowest BCUT2D eigenvalue weighted by atomic mass is 10.2. The van der Waals surface area contributed by atoms with E-state index in [1.807, 2.05) is 24.3 Å². The molecule has 0 saturated heterocycles. The molecule has 0 spiro atoms. The van der Waals surface area contributed by atoms with E-state index in [1.165, 1.54) is 0 Å². The largest absolute Gasteiger partial charge is 0.482 e. The molecule has 0 saturated carbocycles. The van der Waals surface area contributed by atoms with Crippen molar-refractivity contribution < 1.29 is 36.6 Å². The first-order chi connectivity index (χ1) is 15.0. The van der Waals surface area contributed by atoms with Crippen LogP contribution in [0.5, 0.6) is 5.75 Å². The van der Waals surface area contributed by atoms with E-state index in [9.17, 15) is 9.59 Å². The summed E-state index contributed by atoms with van der Waals surface area (Å²) >= 11 is 5.77. The number of carbonyl (C=O) groups excluding carboxylic acids is 2. The monoisotopic (exact) mass is 488 g/mol. The minimum absolute atomic E-state index is 0.284. The average molecular weight is 489 g/mol. The number of halogens is 1. The van der Waals surface area contributed by atoms with Gasteiger partial charge in [0.1, 0.15) is 5.75 Å². The predicted molar refractivity (Wildman–Crippen MR) is 121 cm³/mol. The molecule has 0 heterocycles. The number of ether oxygens (including phenoxy) is 2. The van der Waals surface area contributed by atoms with Gasteiger partial charge >= 0.3 is 16.4 Å². The van der Waals surface area contributed by atoms with E-state index in [-0.39, 0.29) is 13.2 Å². The first kappa shape index (κ1) is 27.2. The molecule has 2 aromatic carbocycles. The van der Waals surface area contributed by atoms with Gasteiger partial charge in [0.15, 0.2) is 13.2 Å². The van der Waals surface area contributed by atoms with Gasteiger partial charge < -0.3 is 19.7 Å². The maximum atomic E-state index is 11.9. The SMILES string of the molecule is CCN(CC)c1ccc(NC(=O)COC(=O)COc2ccc(Cl)cc2)cc1.O=S(=O)(O)O. The predicted octanol–water partition coefficient (Wildman–Crippen LogP) is 3.09. The fourth-order valence-corrected chi connectivity index (χ4v) is 2.53. The smallest absolute Gasteiger partial charge is 0.394 e. The van der Waals surface area contributed by atoms with Crippen molar-refractivity contribution in [3.63, 3.8) is 0 Å². The highest BCUT2D eigenvalue weighted by atomic mass is 35.5. The van der Waals surface area contributed by atoms with Gasteiger partial charge in [-0.3, -0.25) is 13.9 Å². The molecule has 0 atom stereocenters. The molecule has 12 heteroatoms. The van der Waals surface area contributed by atoms with Crippen molar-refractivity contribution in [2.45, 2.75) is 13.8 Å². The first-order valence-corrected chi connectivity index (χ1v) is 11.2. The van der Waals surface area contributed by atoms with Crippen LogP contribution in [0.4, 0.5) is 11.4 Å². The van der Waals surface area contributed by atoms with E-state index in [0.29, 0.717) is 16.5 Å². The summed E-state index contributed by atoms with van der Waals surface area (Å²) in [6.45, 7) is 5.34. The zero-order chi connectivity index (χ0) is 24.1. The van der Waals surface area contributed by atoms with E-state index >= 15 is 0 Å².